The molecule has 2 aliphatic rings. The Morgan fingerprint density at radius 2 is 1.85 bits per heavy atom. The van der Waals surface area contributed by atoms with Crippen molar-refractivity contribution in [3.05, 3.63) is 29.8 Å². The van der Waals surface area contributed by atoms with Gasteiger partial charge in [0.1, 0.15) is 0 Å². The topological polar surface area (TPSA) is 24.5 Å². The second-order valence-electron chi connectivity index (χ2n) is 6.34. The summed E-state index contributed by atoms with van der Waals surface area (Å²) < 4.78 is 5.48. The third-order valence-electron chi connectivity index (χ3n) is 4.87. The van der Waals surface area contributed by atoms with E-state index < -0.39 is 0 Å². The van der Waals surface area contributed by atoms with Crippen LogP contribution in [0.5, 0.6) is 0 Å². The predicted octanol–water partition coefficient (Wildman–Crippen LogP) is 2.97. The first-order valence-electron chi connectivity index (χ1n) is 7.88. The zero-order chi connectivity index (χ0) is 14.0. The highest BCUT2D eigenvalue weighted by Crippen LogP contribution is 2.42. The lowest BCUT2D eigenvalue weighted by molar-refractivity contribution is -0.000191. The van der Waals surface area contributed by atoms with E-state index in [0.717, 1.165) is 19.8 Å². The predicted molar refractivity (Wildman–Crippen MR) is 83.2 cm³/mol. The molecule has 0 aliphatic carbocycles. The summed E-state index contributed by atoms with van der Waals surface area (Å²) in [6, 6.07) is 9.51. The maximum absolute atomic E-state index is 5.48. The van der Waals surface area contributed by atoms with Crippen LogP contribution in [0.15, 0.2) is 24.3 Å². The molecule has 2 heterocycles. The van der Waals surface area contributed by atoms with Crippen LogP contribution in [0.2, 0.25) is 0 Å². The Bertz CT molecular complexity index is 429. The van der Waals surface area contributed by atoms with Crippen molar-refractivity contribution in [1.82, 2.24) is 5.32 Å². The molecule has 1 atom stereocenters. The monoisotopic (exact) mass is 274 g/mol. The van der Waals surface area contributed by atoms with Gasteiger partial charge in [0.2, 0.25) is 0 Å². The normalized spacial score (nSPS) is 22.6. The number of nitrogens with zero attached hydrogens (tertiary/aromatic N) is 1. The van der Waals surface area contributed by atoms with Gasteiger partial charge in [0.25, 0.3) is 0 Å². The van der Waals surface area contributed by atoms with Crippen LogP contribution in [-0.4, -0.2) is 32.8 Å². The fraction of sp³-hybridized carbons (Fsp3) is 0.647. The Morgan fingerprint density at radius 1 is 1.20 bits per heavy atom. The van der Waals surface area contributed by atoms with Crippen LogP contribution in [0, 0.1) is 5.41 Å². The number of hydrogen-bond acceptors (Lipinski definition) is 3. The maximum atomic E-state index is 5.48. The molecule has 2 fully saturated rings. The molecule has 0 saturated carbocycles. The van der Waals surface area contributed by atoms with Gasteiger partial charge in [-0.2, -0.15) is 0 Å². The first-order valence-corrected chi connectivity index (χ1v) is 7.88. The van der Waals surface area contributed by atoms with Gasteiger partial charge in [-0.15, -0.1) is 0 Å². The van der Waals surface area contributed by atoms with E-state index in [-0.39, 0.29) is 0 Å². The number of nitrogens with one attached hydrogen (secondary N) is 1. The lowest BCUT2D eigenvalue weighted by Crippen LogP contribution is -2.58. The average Bonchev–Trinajstić information content (AvgIpc) is 2.46. The molecule has 1 unspecified atom stereocenters. The number of rotatable bonds is 4. The molecule has 2 aliphatic heterocycles. The summed E-state index contributed by atoms with van der Waals surface area (Å²) in [7, 11) is 0. The van der Waals surface area contributed by atoms with Crippen molar-refractivity contribution < 1.29 is 4.74 Å². The SMILES string of the molecule is CCNC(C)c1ccc(N2CC3(CCOCC3)C2)cc1. The van der Waals surface area contributed by atoms with Crippen molar-refractivity contribution in [1.29, 1.82) is 0 Å². The minimum atomic E-state index is 0.437. The van der Waals surface area contributed by atoms with Crippen molar-refractivity contribution in [3.8, 4) is 0 Å². The lowest BCUT2D eigenvalue weighted by atomic mass is 9.73. The molecule has 20 heavy (non-hydrogen) atoms. The third-order valence-corrected chi connectivity index (χ3v) is 4.87. The van der Waals surface area contributed by atoms with Crippen LogP contribution < -0.4 is 10.2 Å². The Morgan fingerprint density at radius 3 is 2.45 bits per heavy atom. The minimum Gasteiger partial charge on any atom is -0.381 e. The second-order valence-corrected chi connectivity index (χ2v) is 6.34. The van der Waals surface area contributed by atoms with Crippen molar-refractivity contribution in [2.75, 3.05) is 37.7 Å². The van der Waals surface area contributed by atoms with Crippen LogP contribution in [0.25, 0.3) is 0 Å². The summed E-state index contributed by atoms with van der Waals surface area (Å²) >= 11 is 0. The maximum Gasteiger partial charge on any atom is 0.0472 e. The fourth-order valence-corrected chi connectivity index (χ4v) is 3.46. The van der Waals surface area contributed by atoms with Crippen LogP contribution in [0.1, 0.15) is 38.3 Å². The smallest absolute Gasteiger partial charge is 0.0472 e. The van der Waals surface area contributed by atoms with Crippen molar-refractivity contribution in [2.45, 2.75) is 32.7 Å². The van der Waals surface area contributed by atoms with Crippen molar-refractivity contribution in [3.63, 3.8) is 0 Å². The van der Waals surface area contributed by atoms with Crippen LogP contribution in [-0.2, 0) is 4.74 Å². The summed E-state index contributed by atoms with van der Waals surface area (Å²) in [6.45, 7) is 9.70. The molecule has 1 aromatic rings. The molecule has 2 saturated heterocycles. The molecule has 110 valence electrons. The third kappa shape index (κ3) is 2.70. The summed E-state index contributed by atoms with van der Waals surface area (Å²) in [5.74, 6) is 0. The molecule has 1 N–H and O–H groups in total. The Labute approximate surface area is 122 Å². The summed E-state index contributed by atoms with van der Waals surface area (Å²) in [4.78, 5) is 2.51. The van der Waals surface area contributed by atoms with Crippen LogP contribution >= 0.6 is 0 Å². The molecule has 3 heteroatoms. The van der Waals surface area contributed by atoms with Gasteiger partial charge in [0, 0.05) is 43.4 Å². The highest BCUT2D eigenvalue weighted by molar-refractivity contribution is 5.51. The summed E-state index contributed by atoms with van der Waals surface area (Å²) in [5.41, 5.74) is 3.29. The molecule has 0 aromatic heterocycles. The van der Waals surface area contributed by atoms with E-state index in [4.69, 9.17) is 4.74 Å². The molecule has 1 spiro atoms. The van der Waals surface area contributed by atoms with Gasteiger partial charge in [0.05, 0.1) is 0 Å². The zero-order valence-corrected chi connectivity index (χ0v) is 12.7. The highest BCUT2D eigenvalue weighted by atomic mass is 16.5. The standard InChI is InChI=1S/C17H26N2O/c1-3-18-14(2)15-4-6-16(7-5-15)19-12-17(13-19)8-10-20-11-9-17/h4-7,14,18H,3,8-13H2,1-2H3. The average molecular weight is 274 g/mol. The lowest BCUT2D eigenvalue weighted by Gasteiger charge is -2.53. The summed E-state index contributed by atoms with van der Waals surface area (Å²) in [5, 5.41) is 3.46. The Kier molecular flexibility index (Phi) is 3.99. The van der Waals surface area contributed by atoms with Gasteiger partial charge in [0.15, 0.2) is 0 Å². The largest absolute Gasteiger partial charge is 0.381 e. The van der Waals surface area contributed by atoms with Gasteiger partial charge >= 0.3 is 0 Å². The molecule has 0 bridgehead atoms. The van der Waals surface area contributed by atoms with E-state index in [9.17, 15) is 0 Å². The van der Waals surface area contributed by atoms with Gasteiger partial charge in [-0.3, -0.25) is 0 Å². The van der Waals surface area contributed by atoms with Gasteiger partial charge in [-0.25, -0.2) is 0 Å². The number of benzene rings is 1. The quantitative estimate of drug-likeness (QED) is 0.913. The zero-order valence-electron chi connectivity index (χ0n) is 12.7. The molecular formula is C17H26N2O. The molecule has 0 amide bonds. The highest BCUT2D eigenvalue weighted by Gasteiger charge is 2.43. The fourth-order valence-electron chi connectivity index (χ4n) is 3.46. The van der Waals surface area contributed by atoms with Crippen molar-refractivity contribution in [2.24, 2.45) is 5.41 Å². The molecule has 0 radical (unpaired) electrons. The molecule has 3 rings (SSSR count). The van der Waals surface area contributed by atoms with E-state index in [1.165, 1.54) is 37.2 Å². The first-order chi connectivity index (χ1) is 9.72. The Balaban J connectivity index is 1.59. The van der Waals surface area contributed by atoms with E-state index in [1.807, 2.05) is 0 Å². The van der Waals surface area contributed by atoms with Crippen LogP contribution in [0.4, 0.5) is 5.69 Å². The van der Waals surface area contributed by atoms with E-state index in [0.29, 0.717) is 11.5 Å². The summed E-state index contributed by atoms with van der Waals surface area (Å²) in [6.07, 6.45) is 2.47. The van der Waals surface area contributed by atoms with E-state index in [2.05, 4.69) is 48.3 Å². The molecule has 1 aromatic carbocycles. The van der Waals surface area contributed by atoms with Crippen LogP contribution in [0.3, 0.4) is 0 Å². The van der Waals surface area contributed by atoms with E-state index in [1.54, 1.807) is 0 Å². The molecular weight excluding hydrogens is 248 g/mol. The van der Waals surface area contributed by atoms with Gasteiger partial charge < -0.3 is 15.0 Å². The van der Waals surface area contributed by atoms with Gasteiger partial charge in [-0.1, -0.05) is 19.1 Å². The van der Waals surface area contributed by atoms with E-state index >= 15 is 0 Å². The number of ether oxygens (including phenoxy) is 1. The minimum absolute atomic E-state index is 0.437. The van der Waals surface area contributed by atoms with Crippen molar-refractivity contribution >= 4 is 5.69 Å². The van der Waals surface area contributed by atoms with Gasteiger partial charge in [-0.05, 0) is 44.0 Å². The first kappa shape index (κ1) is 13.9. The number of anilines is 1. The number of hydrogen-bond donors (Lipinski definition) is 1. The second kappa shape index (κ2) is 5.74. The Hall–Kier alpha value is -1.06. The molecule has 3 nitrogen and oxygen atoms in total.